The number of halogens is 3. The molecule has 0 unspecified atom stereocenters. The van der Waals surface area contributed by atoms with E-state index in [0.717, 1.165) is 13.0 Å². The largest absolute Gasteiger partial charge is 0.741 e. The first-order valence-electron chi connectivity index (χ1n) is 6.78. The highest BCUT2D eigenvalue weighted by molar-refractivity contribution is 7.86. The van der Waals surface area contributed by atoms with Gasteiger partial charge in [-0.1, -0.05) is 30.9 Å². The number of hydrogen-bond acceptors (Lipinski definition) is 3. The predicted octanol–water partition coefficient (Wildman–Crippen LogP) is 3.40. The van der Waals surface area contributed by atoms with Crippen LogP contribution in [0.2, 0.25) is 0 Å². The molecule has 0 N–H and O–H groups in total. The van der Waals surface area contributed by atoms with Gasteiger partial charge in [-0.15, -0.1) is 6.58 Å². The molecule has 24 heavy (non-hydrogen) atoms. The van der Waals surface area contributed by atoms with Crippen LogP contribution >= 0.6 is 0 Å². The molecule has 0 aliphatic rings. The van der Waals surface area contributed by atoms with Crippen molar-refractivity contribution < 1.29 is 30.7 Å². The van der Waals surface area contributed by atoms with E-state index in [0.29, 0.717) is 0 Å². The van der Waals surface area contributed by atoms with Crippen LogP contribution in [0.15, 0.2) is 55.8 Å². The maximum atomic E-state index is 10.7. The molecule has 0 aliphatic heterocycles. The van der Waals surface area contributed by atoms with Crippen LogP contribution in [0.25, 0.3) is 16.8 Å². The van der Waals surface area contributed by atoms with Crippen LogP contribution < -0.4 is 4.57 Å². The van der Waals surface area contributed by atoms with Crippen LogP contribution in [-0.2, 0) is 16.7 Å². The van der Waals surface area contributed by atoms with E-state index in [2.05, 4.69) is 54.3 Å². The van der Waals surface area contributed by atoms with Crippen LogP contribution in [0.5, 0.6) is 0 Å². The summed E-state index contributed by atoms with van der Waals surface area (Å²) in [6.45, 7) is 8.61. The highest BCUT2D eigenvalue weighted by atomic mass is 32.2. The molecule has 0 aliphatic carbocycles. The minimum atomic E-state index is -6.09. The van der Waals surface area contributed by atoms with Crippen molar-refractivity contribution in [2.45, 2.75) is 18.5 Å². The van der Waals surface area contributed by atoms with Gasteiger partial charge in [0.2, 0.25) is 5.69 Å². The molecule has 0 saturated carbocycles. The van der Waals surface area contributed by atoms with Gasteiger partial charge in [-0.25, -0.2) is 8.42 Å². The van der Waals surface area contributed by atoms with Gasteiger partial charge in [0.25, 0.3) is 0 Å². The van der Waals surface area contributed by atoms with Crippen LogP contribution in [-0.4, -0.2) is 18.5 Å². The number of benzene rings is 1. The van der Waals surface area contributed by atoms with Gasteiger partial charge in [-0.3, -0.25) is 0 Å². The molecule has 1 aromatic heterocycles. The second-order valence-corrected chi connectivity index (χ2v) is 6.03. The minimum absolute atomic E-state index is 0.954. The monoisotopic (exact) mass is 359 g/mol. The third-order valence-corrected chi connectivity index (χ3v) is 3.60. The lowest BCUT2D eigenvalue weighted by Gasteiger charge is -2.08. The Hall–Kier alpha value is -2.19. The van der Waals surface area contributed by atoms with Crippen LogP contribution in [0.4, 0.5) is 13.2 Å². The first-order chi connectivity index (χ1) is 11.1. The van der Waals surface area contributed by atoms with E-state index in [-0.39, 0.29) is 0 Å². The smallest absolute Gasteiger partial charge is 0.485 e. The van der Waals surface area contributed by atoms with Gasteiger partial charge in [-0.2, -0.15) is 17.7 Å². The van der Waals surface area contributed by atoms with Gasteiger partial charge in [0, 0.05) is 18.6 Å². The average Bonchev–Trinajstić information content (AvgIpc) is 2.51. The number of hydrogen-bond donors (Lipinski definition) is 0. The Labute approximate surface area is 138 Å². The predicted molar refractivity (Wildman–Crippen MR) is 84.8 cm³/mol. The fourth-order valence-corrected chi connectivity index (χ4v) is 1.93. The van der Waals surface area contributed by atoms with Crippen molar-refractivity contribution in [3.63, 3.8) is 0 Å². The molecule has 0 radical (unpaired) electrons. The van der Waals surface area contributed by atoms with Crippen molar-refractivity contribution in [2.24, 2.45) is 0 Å². The van der Waals surface area contributed by atoms with Crippen molar-refractivity contribution in [3.8, 4) is 0 Å². The molecule has 130 valence electrons. The summed E-state index contributed by atoms with van der Waals surface area (Å²) in [5.74, 6) is 0. The lowest BCUT2D eigenvalue weighted by atomic mass is 10.1. The quantitative estimate of drug-likeness (QED) is 0.364. The van der Waals surface area contributed by atoms with Gasteiger partial charge >= 0.3 is 5.51 Å². The number of aromatic nitrogens is 1. The zero-order valence-electron chi connectivity index (χ0n) is 12.7. The number of alkyl halides is 3. The normalized spacial score (nSPS) is 11.5. The summed E-state index contributed by atoms with van der Waals surface area (Å²) >= 11 is 0. The number of pyridine rings is 1. The molecule has 4 nitrogen and oxygen atoms in total. The summed E-state index contributed by atoms with van der Waals surface area (Å²) in [5, 5.41) is 2.51. The van der Waals surface area contributed by atoms with E-state index in [9.17, 15) is 13.2 Å². The van der Waals surface area contributed by atoms with Crippen LogP contribution in [0.1, 0.15) is 12.1 Å². The van der Waals surface area contributed by atoms with Gasteiger partial charge in [0.05, 0.1) is 5.39 Å². The van der Waals surface area contributed by atoms with Crippen molar-refractivity contribution in [1.29, 1.82) is 0 Å². The highest BCUT2D eigenvalue weighted by Crippen LogP contribution is 2.20. The Bertz CT molecular complexity index is 830. The van der Waals surface area contributed by atoms with Gasteiger partial charge in [-0.05, 0) is 11.5 Å². The molecular formula is C16H16F3NO3S. The summed E-state index contributed by atoms with van der Waals surface area (Å²) in [5.41, 5.74) is -4.47. The summed E-state index contributed by atoms with van der Waals surface area (Å²) < 4.78 is 61.1. The second-order valence-electron chi connectivity index (χ2n) is 4.66. The third-order valence-electron chi connectivity index (χ3n) is 3.03. The molecule has 1 heterocycles. The lowest BCUT2D eigenvalue weighted by molar-refractivity contribution is -0.696. The molecule has 1 aromatic carbocycles. The van der Waals surface area contributed by atoms with Crippen LogP contribution in [0, 0.1) is 0 Å². The molecule has 0 bridgehead atoms. The first-order valence-corrected chi connectivity index (χ1v) is 8.19. The summed E-state index contributed by atoms with van der Waals surface area (Å²) in [4.78, 5) is 0. The van der Waals surface area contributed by atoms with E-state index in [1.54, 1.807) is 0 Å². The standard InChI is InChI=1S/C15H16N.CHF3O3S/c1-3-5-11-16-12-10-13-8-6-7-9-14(13)15(16)4-2;2-1(3,4)8(5,6)7/h3-4,6-10,12H,1-2,5,11H2;(H,5,6,7)/q+1;/p-1. The fourth-order valence-electron chi connectivity index (χ4n) is 1.93. The van der Waals surface area contributed by atoms with E-state index >= 15 is 0 Å². The van der Waals surface area contributed by atoms with Crippen molar-refractivity contribution in [3.05, 3.63) is 61.5 Å². The minimum Gasteiger partial charge on any atom is -0.741 e. The number of fused-ring (bicyclic) bond motifs is 1. The molecule has 0 spiro atoms. The van der Waals surface area contributed by atoms with Crippen molar-refractivity contribution in [2.75, 3.05) is 0 Å². The molecule has 8 heteroatoms. The van der Waals surface area contributed by atoms with Crippen molar-refractivity contribution >= 4 is 27.0 Å². The summed E-state index contributed by atoms with van der Waals surface area (Å²) in [6, 6.07) is 10.5. The lowest BCUT2D eigenvalue weighted by Crippen LogP contribution is -2.36. The molecule has 0 fully saturated rings. The maximum absolute atomic E-state index is 10.7. The van der Waals surface area contributed by atoms with Gasteiger partial charge < -0.3 is 4.55 Å². The molecule has 0 amide bonds. The van der Waals surface area contributed by atoms with Crippen molar-refractivity contribution in [1.82, 2.24) is 0 Å². The summed E-state index contributed by atoms with van der Waals surface area (Å²) in [6.07, 6.45) is 6.95. The fraction of sp³-hybridized carbons (Fsp3) is 0.188. The zero-order chi connectivity index (χ0) is 18.4. The Morgan fingerprint density at radius 1 is 1.17 bits per heavy atom. The Balaban J connectivity index is 0.000000307. The number of aryl methyl sites for hydroxylation is 1. The SMILES string of the molecule is C=CCC[n+]1ccc2ccccc2c1C=C.O=S(=O)([O-])C(F)(F)F. The first kappa shape index (κ1) is 19.9. The Morgan fingerprint density at radius 2 is 1.75 bits per heavy atom. The molecule has 2 rings (SSSR count). The average molecular weight is 359 g/mol. The number of rotatable bonds is 4. The molecule has 0 atom stereocenters. The van der Waals surface area contributed by atoms with Crippen LogP contribution in [0.3, 0.4) is 0 Å². The Morgan fingerprint density at radius 3 is 2.25 bits per heavy atom. The molecule has 0 saturated heterocycles. The highest BCUT2D eigenvalue weighted by Gasteiger charge is 2.36. The van der Waals surface area contributed by atoms with Gasteiger partial charge in [0.15, 0.2) is 22.9 Å². The zero-order valence-corrected chi connectivity index (χ0v) is 13.5. The third kappa shape index (κ3) is 5.17. The number of allylic oxidation sites excluding steroid dienone is 1. The number of nitrogens with zero attached hydrogens (tertiary/aromatic N) is 1. The maximum Gasteiger partial charge on any atom is 0.485 e. The molecular weight excluding hydrogens is 343 g/mol. The summed E-state index contributed by atoms with van der Waals surface area (Å²) in [7, 11) is -6.09. The Kier molecular flexibility index (Phi) is 6.68. The van der Waals surface area contributed by atoms with E-state index < -0.39 is 15.6 Å². The van der Waals surface area contributed by atoms with E-state index in [1.807, 2.05) is 12.2 Å². The molecule has 2 aromatic rings. The second kappa shape index (κ2) is 8.07. The topological polar surface area (TPSA) is 61.1 Å². The van der Waals surface area contributed by atoms with Gasteiger partial charge in [0.1, 0.15) is 0 Å². The van der Waals surface area contributed by atoms with E-state index in [1.165, 1.54) is 16.5 Å². The van der Waals surface area contributed by atoms with E-state index in [4.69, 9.17) is 13.0 Å².